The number of hydrogen-bond acceptors (Lipinski definition) is 3. The summed E-state index contributed by atoms with van der Waals surface area (Å²) in [6, 6.07) is 11.5. The van der Waals surface area contributed by atoms with E-state index in [2.05, 4.69) is 4.72 Å². The molecule has 0 radical (unpaired) electrons. The number of hydrogen-bond donors (Lipinski definition) is 1. The summed E-state index contributed by atoms with van der Waals surface area (Å²) in [5.74, 6) is 0.284. The Morgan fingerprint density at radius 1 is 1.16 bits per heavy atom. The Hall–Kier alpha value is -2.05. The molecule has 2 aromatic carbocycles. The van der Waals surface area contributed by atoms with Gasteiger partial charge >= 0.3 is 0 Å². The van der Waals surface area contributed by atoms with Gasteiger partial charge in [-0.2, -0.15) is 0 Å². The molecule has 1 aliphatic heterocycles. The minimum Gasteiger partial charge on any atom is -0.312 e. The molecule has 0 atom stereocenters. The fraction of sp³-hybridized carbons (Fsp3) is 0.278. The van der Waals surface area contributed by atoms with Crippen molar-refractivity contribution in [1.82, 2.24) is 0 Å². The van der Waals surface area contributed by atoms with Gasteiger partial charge in [-0.05, 0) is 55.2 Å². The van der Waals surface area contributed by atoms with Crippen molar-refractivity contribution in [3.63, 3.8) is 0 Å². The van der Waals surface area contributed by atoms with Gasteiger partial charge in [0.05, 0.1) is 10.6 Å². The standard InChI is InChI=1S/C18H17ClN2O3S/c19-14-2-1-3-16(10-14)25(23,24)20-15-7-6-12-8-9-21(17(12)11-15)18(22)13-4-5-13/h1-3,6-7,10-11,13,20H,4-5,8-9H2. The van der Waals surface area contributed by atoms with Crippen LogP contribution in [0.25, 0.3) is 0 Å². The number of anilines is 2. The van der Waals surface area contributed by atoms with Crippen LogP contribution in [-0.2, 0) is 21.2 Å². The molecule has 1 aliphatic carbocycles. The molecule has 0 bridgehead atoms. The van der Waals surface area contributed by atoms with Gasteiger partial charge in [-0.3, -0.25) is 9.52 Å². The van der Waals surface area contributed by atoms with Gasteiger partial charge in [0.25, 0.3) is 10.0 Å². The van der Waals surface area contributed by atoms with Crippen LogP contribution < -0.4 is 9.62 Å². The van der Waals surface area contributed by atoms with Gasteiger partial charge in [-0.25, -0.2) is 8.42 Å². The molecule has 1 saturated carbocycles. The van der Waals surface area contributed by atoms with E-state index in [1.165, 1.54) is 12.1 Å². The van der Waals surface area contributed by atoms with Crippen LogP contribution in [-0.4, -0.2) is 20.9 Å². The Kier molecular flexibility index (Phi) is 3.96. The number of carbonyl (C=O) groups is 1. The summed E-state index contributed by atoms with van der Waals surface area (Å²) in [5, 5.41) is 0.359. The topological polar surface area (TPSA) is 66.5 Å². The van der Waals surface area contributed by atoms with Gasteiger partial charge in [0.15, 0.2) is 0 Å². The molecule has 0 saturated heterocycles. The van der Waals surface area contributed by atoms with Crippen molar-refractivity contribution in [3.05, 3.63) is 53.1 Å². The Labute approximate surface area is 151 Å². The van der Waals surface area contributed by atoms with Crippen LogP contribution in [0, 0.1) is 5.92 Å². The molecule has 0 spiro atoms. The van der Waals surface area contributed by atoms with Crippen molar-refractivity contribution in [3.8, 4) is 0 Å². The summed E-state index contributed by atoms with van der Waals surface area (Å²) in [6.07, 6.45) is 2.70. The second-order valence-electron chi connectivity index (χ2n) is 6.42. The molecule has 2 aliphatic rings. The normalized spacial score (nSPS) is 16.6. The van der Waals surface area contributed by atoms with Crippen LogP contribution in [0.2, 0.25) is 5.02 Å². The highest BCUT2D eigenvalue weighted by molar-refractivity contribution is 7.92. The lowest BCUT2D eigenvalue weighted by Crippen LogP contribution is -2.30. The Bertz CT molecular complexity index is 955. The molecule has 130 valence electrons. The van der Waals surface area contributed by atoms with E-state index < -0.39 is 10.0 Å². The highest BCUT2D eigenvalue weighted by Crippen LogP contribution is 2.37. The predicted molar refractivity (Wildman–Crippen MR) is 97.5 cm³/mol. The summed E-state index contributed by atoms with van der Waals surface area (Å²) >= 11 is 5.88. The summed E-state index contributed by atoms with van der Waals surface area (Å²) in [7, 11) is -3.73. The number of carbonyl (C=O) groups excluding carboxylic acids is 1. The maximum Gasteiger partial charge on any atom is 0.261 e. The second kappa shape index (κ2) is 6.04. The summed E-state index contributed by atoms with van der Waals surface area (Å²) in [6.45, 7) is 0.662. The fourth-order valence-electron chi connectivity index (χ4n) is 3.07. The number of nitrogens with zero attached hydrogens (tertiary/aromatic N) is 1. The minimum atomic E-state index is -3.73. The second-order valence-corrected chi connectivity index (χ2v) is 8.54. The molecule has 4 rings (SSSR count). The van der Waals surface area contributed by atoms with E-state index >= 15 is 0 Å². The van der Waals surface area contributed by atoms with Crippen LogP contribution >= 0.6 is 11.6 Å². The van der Waals surface area contributed by atoms with Crippen molar-refractivity contribution in [2.24, 2.45) is 5.92 Å². The Morgan fingerprint density at radius 3 is 2.68 bits per heavy atom. The molecule has 0 unspecified atom stereocenters. The first-order valence-corrected chi connectivity index (χ1v) is 10.0. The average molecular weight is 377 g/mol. The highest BCUT2D eigenvalue weighted by Gasteiger charge is 2.36. The zero-order valence-corrected chi connectivity index (χ0v) is 15.0. The van der Waals surface area contributed by atoms with E-state index in [1.54, 1.807) is 29.2 Å². The lowest BCUT2D eigenvalue weighted by molar-refractivity contribution is -0.119. The third-order valence-electron chi connectivity index (χ3n) is 4.53. The van der Waals surface area contributed by atoms with Crippen LogP contribution in [0.4, 0.5) is 11.4 Å². The summed E-state index contributed by atoms with van der Waals surface area (Å²) in [5.41, 5.74) is 2.32. The maximum absolute atomic E-state index is 12.5. The van der Waals surface area contributed by atoms with Crippen molar-refractivity contribution in [2.75, 3.05) is 16.2 Å². The lowest BCUT2D eigenvalue weighted by Gasteiger charge is -2.18. The smallest absolute Gasteiger partial charge is 0.261 e. The maximum atomic E-state index is 12.5. The van der Waals surface area contributed by atoms with Gasteiger partial charge in [-0.15, -0.1) is 0 Å². The highest BCUT2D eigenvalue weighted by atomic mass is 35.5. The average Bonchev–Trinajstić information content (AvgIpc) is 3.34. The van der Waals surface area contributed by atoms with E-state index in [1.807, 2.05) is 6.07 Å². The number of fused-ring (bicyclic) bond motifs is 1. The molecule has 1 heterocycles. The van der Waals surface area contributed by atoms with Gasteiger partial charge in [0, 0.05) is 23.2 Å². The number of halogens is 1. The molecule has 0 aromatic heterocycles. The van der Waals surface area contributed by atoms with Gasteiger partial charge in [0.1, 0.15) is 0 Å². The molecule has 25 heavy (non-hydrogen) atoms. The number of amides is 1. The number of sulfonamides is 1. The van der Waals surface area contributed by atoms with Crippen molar-refractivity contribution in [1.29, 1.82) is 0 Å². The Balaban J connectivity index is 1.62. The molecule has 2 aromatic rings. The molecule has 5 nitrogen and oxygen atoms in total. The first-order valence-electron chi connectivity index (χ1n) is 8.17. The van der Waals surface area contributed by atoms with Crippen molar-refractivity contribution >= 4 is 38.9 Å². The monoisotopic (exact) mass is 376 g/mol. The third kappa shape index (κ3) is 3.24. The van der Waals surface area contributed by atoms with Crippen LogP contribution in [0.15, 0.2) is 47.4 Å². The summed E-state index contributed by atoms with van der Waals surface area (Å²) in [4.78, 5) is 14.3. The number of benzene rings is 2. The van der Waals surface area contributed by atoms with Crippen molar-refractivity contribution < 1.29 is 13.2 Å². The third-order valence-corrected chi connectivity index (χ3v) is 6.15. The van der Waals surface area contributed by atoms with E-state index in [0.29, 0.717) is 17.3 Å². The Morgan fingerprint density at radius 2 is 1.96 bits per heavy atom. The van der Waals surface area contributed by atoms with E-state index in [9.17, 15) is 13.2 Å². The van der Waals surface area contributed by atoms with Crippen molar-refractivity contribution in [2.45, 2.75) is 24.2 Å². The zero-order valence-electron chi connectivity index (χ0n) is 13.4. The fourth-order valence-corrected chi connectivity index (χ4v) is 4.42. The van der Waals surface area contributed by atoms with Gasteiger partial charge in [-0.1, -0.05) is 23.7 Å². The minimum absolute atomic E-state index is 0.103. The molecular formula is C18H17ClN2O3S. The predicted octanol–water partition coefficient (Wildman–Crippen LogP) is 3.44. The quantitative estimate of drug-likeness (QED) is 0.888. The van der Waals surface area contributed by atoms with E-state index in [4.69, 9.17) is 11.6 Å². The molecule has 1 fully saturated rings. The molecule has 7 heteroatoms. The molecule has 1 N–H and O–H groups in total. The van der Waals surface area contributed by atoms with Crippen LogP contribution in [0.3, 0.4) is 0 Å². The number of nitrogens with one attached hydrogen (secondary N) is 1. The largest absolute Gasteiger partial charge is 0.312 e. The molecular weight excluding hydrogens is 360 g/mol. The van der Waals surface area contributed by atoms with E-state index in [-0.39, 0.29) is 16.7 Å². The van der Waals surface area contributed by atoms with Crippen LogP contribution in [0.5, 0.6) is 0 Å². The van der Waals surface area contributed by atoms with Gasteiger partial charge in [0.2, 0.25) is 5.91 Å². The molecule has 1 amide bonds. The zero-order chi connectivity index (χ0) is 17.6. The van der Waals surface area contributed by atoms with E-state index in [0.717, 1.165) is 30.5 Å². The summed E-state index contributed by atoms with van der Waals surface area (Å²) < 4.78 is 27.6. The first kappa shape index (κ1) is 16.4. The first-order chi connectivity index (χ1) is 11.9. The lowest BCUT2D eigenvalue weighted by atomic mass is 10.1. The number of rotatable bonds is 4. The SMILES string of the molecule is O=C(C1CC1)N1CCc2ccc(NS(=O)(=O)c3cccc(Cl)c3)cc21. The van der Waals surface area contributed by atoms with Gasteiger partial charge < -0.3 is 4.90 Å². The van der Waals surface area contributed by atoms with Crippen LogP contribution in [0.1, 0.15) is 18.4 Å².